The van der Waals surface area contributed by atoms with Gasteiger partial charge in [-0.1, -0.05) is 23.2 Å². The summed E-state index contributed by atoms with van der Waals surface area (Å²) in [4.78, 5) is 69.4. The molecule has 0 aliphatic heterocycles. The zero-order chi connectivity index (χ0) is 70.4. The lowest BCUT2D eigenvalue weighted by Gasteiger charge is -2.27. The van der Waals surface area contributed by atoms with Crippen LogP contribution in [0.1, 0.15) is 131 Å². The molecule has 4 saturated carbocycles. The summed E-state index contributed by atoms with van der Waals surface area (Å²) in [5, 5.41) is 49.0. The maximum atomic E-state index is 11.8. The lowest BCUT2D eigenvalue weighted by molar-refractivity contribution is -0.123. The van der Waals surface area contributed by atoms with Crippen LogP contribution in [0, 0.1) is 17.8 Å². The van der Waals surface area contributed by atoms with Gasteiger partial charge in [0.25, 0.3) is 0 Å². The molecule has 532 valence electrons. The van der Waals surface area contributed by atoms with Gasteiger partial charge in [0.15, 0.2) is 33.2 Å². The second kappa shape index (κ2) is 30.6. The van der Waals surface area contributed by atoms with Crippen LogP contribution < -0.4 is 47.9 Å². The normalized spacial score (nSPS) is 15.6. The number of carbonyl (C=O) groups is 1. The lowest BCUT2D eigenvalue weighted by Crippen LogP contribution is -2.28. The van der Waals surface area contributed by atoms with Gasteiger partial charge < -0.3 is 72.5 Å². The fourth-order valence-electron chi connectivity index (χ4n) is 11.4. The summed E-state index contributed by atoms with van der Waals surface area (Å²) in [6.45, 7) is 17.8. The van der Waals surface area contributed by atoms with E-state index in [0.29, 0.717) is 107 Å². The van der Waals surface area contributed by atoms with E-state index < -0.39 is 6.04 Å². The first kappa shape index (κ1) is 69.1. The van der Waals surface area contributed by atoms with Crippen LogP contribution in [0.15, 0.2) is 74.4 Å². The number of methoxy groups -OCH3 is 1. The standard InChI is InChI=1S/C18H23ClN8O.C17H22ClN7O.C16H22N8.C15H20N8/c1-9(11-4-5-11)22-16-12-6-7-21-15(12)24-18(25-16)23-13-8-27(26-14(13)19)10(2)17(28)20-3;1-10(11-3-4-11)20-16-12-5-6-19-15(12)22-17(23-16)21-13-9-25(7-8-26-2)24-14(13)18;1-9(2)24-7-12(6-19-24)21-16-22-14-13(17-8-18-14)15(23-16)20-10(3)11-4-5-11;1-9(2)23-7-11(6-18-23)20-15-21-13-12(16-8-17-13)14(22-15)19-10-4-3-5-10/h6-11H,4-5H2,1-3H3,(H,20,28)(H3,21,22,23,24,25);5-6,9-11H,3-4,7-8H2,1-2H3,(H3,19,20,21,22,23);6-11H,4-5H2,1-3H3,(H3,17,18,20,21,22,23);6-10H,3-5H2,1-2H3,(H3,16,17,19,20,21,22)/t9-,10?;10-;;/m00../s1. The molecule has 4 aliphatic carbocycles. The molecule has 0 spiro atoms. The van der Waals surface area contributed by atoms with Crippen molar-refractivity contribution in [2.24, 2.45) is 17.8 Å². The van der Waals surface area contributed by atoms with Crippen LogP contribution in [0.4, 0.5) is 69.8 Å². The second-order valence-electron chi connectivity index (χ2n) is 26.6. The van der Waals surface area contributed by atoms with Crippen molar-refractivity contribution in [3.05, 3.63) is 84.7 Å². The number of halogens is 2. The Morgan fingerprint density at radius 2 is 1.02 bits per heavy atom. The molecule has 2 unspecified atom stereocenters. The molecule has 0 bridgehead atoms. The highest BCUT2D eigenvalue weighted by Crippen LogP contribution is 2.38. The number of aromatic amines is 4. The predicted octanol–water partition coefficient (Wildman–Crippen LogP) is 12.4. The summed E-state index contributed by atoms with van der Waals surface area (Å²) in [5.41, 5.74) is 7.41. The van der Waals surface area contributed by atoms with E-state index in [1.807, 2.05) is 52.5 Å². The van der Waals surface area contributed by atoms with Crippen LogP contribution in [-0.4, -0.2) is 160 Å². The van der Waals surface area contributed by atoms with Crippen LogP contribution in [-0.2, 0) is 16.1 Å². The van der Waals surface area contributed by atoms with Crippen molar-refractivity contribution < 1.29 is 9.53 Å². The van der Waals surface area contributed by atoms with E-state index in [1.165, 1.54) is 62.5 Å². The van der Waals surface area contributed by atoms with E-state index in [-0.39, 0.29) is 11.1 Å². The molecule has 13 N–H and O–H groups in total. The number of nitrogens with one attached hydrogen (secondary N) is 13. The maximum Gasteiger partial charge on any atom is 0.244 e. The zero-order valence-corrected chi connectivity index (χ0v) is 59.6. The number of rotatable bonds is 26. The second-order valence-corrected chi connectivity index (χ2v) is 27.4. The Hall–Kier alpha value is -10.4. The molecule has 101 heavy (non-hydrogen) atoms. The van der Waals surface area contributed by atoms with E-state index >= 15 is 0 Å². The number of fused-ring (bicyclic) bond motifs is 4. The monoisotopic (exact) mass is 1420 g/mol. The molecule has 16 rings (SSSR count). The van der Waals surface area contributed by atoms with Crippen molar-refractivity contribution in [1.82, 2.24) is 114 Å². The van der Waals surface area contributed by atoms with Crippen molar-refractivity contribution in [2.75, 3.05) is 63.3 Å². The largest absolute Gasteiger partial charge is 0.383 e. The van der Waals surface area contributed by atoms with Crippen LogP contribution >= 0.6 is 23.2 Å². The Labute approximate surface area is 592 Å². The molecule has 12 aromatic heterocycles. The van der Waals surface area contributed by atoms with Gasteiger partial charge in [-0.15, -0.1) is 0 Å². The Morgan fingerprint density at radius 1 is 0.554 bits per heavy atom. The van der Waals surface area contributed by atoms with Crippen molar-refractivity contribution in [1.29, 1.82) is 0 Å². The Kier molecular flexibility index (Phi) is 20.9. The van der Waals surface area contributed by atoms with Gasteiger partial charge >= 0.3 is 0 Å². The molecule has 33 nitrogen and oxygen atoms in total. The maximum absolute atomic E-state index is 11.8. The molecule has 35 heteroatoms. The molecule has 0 radical (unpaired) electrons. The third kappa shape index (κ3) is 17.1. The summed E-state index contributed by atoms with van der Waals surface area (Å²) < 4.78 is 12.1. The number of hydrogen-bond donors (Lipinski definition) is 13. The van der Waals surface area contributed by atoms with Crippen molar-refractivity contribution in [2.45, 2.75) is 162 Å². The van der Waals surface area contributed by atoms with Gasteiger partial charge in [0.05, 0.1) is 84.1 Å². The molecule has 0 saturated heterocycles. The number of likely N-dealkylation sites (N-methyl/N-ethyl adjacent to an activating group) is 1. The molecule has 1 amide bonds. The minimum absolute atomic E-state index is 0.157. The summed E-state index contributed by atoms with van der Waals surface area (Å²) >= 11 is 12.5. The van der Waals surface area contributed by atoms with E-state index in [4.69, 9.17) is 27.9 Å². The highest BCUT2D eigenvalue weighted by Gasteiger charge is 2.32. The number of H-pyrrole nitrogens is 4. The summed E-state index contributed by atoms with van der Waals surface area (Å²) in [6, 6.07) is 5.70. The van der Waals surface area contributed by atoms with Gasteiger partial charge in [-0.3, -0.25) is 23.5 Å². The van der Waals surface area contributed by atoms with Gasteiger partial charge in [0, 0.05) is 75.2 Å². The van der Waals surface area contributed by atoms with Crippen LogP contribution in [0.25, 0.3) is 44.4 Å². The molecule has 12 aromatic rings. The minimum Gasteiger partial charge on any atom is -0.383 e. The fraction of sp³-hybridized carbons (Fsp3) is 0.470. The quantitative estimate of drug-likeness (QED) is 0.0239. The van der Waals surface area contributed by atoms with Crippen LogP contribution in [0.2, 0.25) is 10.3 Å². The van der Waals surface area contributed by atoms with Crippen LogP contribution in [0.5, 0.6) is 0 Å². The van der Waals surface area contributed by atoms with Crippen molar-refractivity contribution >= 4 is 143 Å². The third-order valence-corrected chi connectivity index (χ3v) is 18.7. The van der Waals surface area contributed by atoms with Crippen molar-refractivity contribution in [3.8, 4) is 0 Å². The summed E-state index contributed by atoms with van der Waals surface area (Å²) in [6.07, 6.45) is 29.2. The van der Waals surface area contributed by atoms with E-state index in [1.54, 1.807) is 57.0 Å². The topological polar surface area (TPSA) is 398 Å². The number of imidazole rings is 2. The number of ether oxygens (including phenoxy) is 1. The number of aromatic nitrogens is 22. The molecule has 4 atom stereocenters. The Balaban J connectivity index is 0.000000121. The van der Waals surface area contributed by atoms with E-state index in [9.17, 15) is 4.79 Å². The van der Waals surface area contributed by atoms with Gasteiger partial charge in [-0.25, -0.2) is 9.97 Å². The third-order valence-electron chi connectivity index (χ3n) is 18.1. The van der Waals surface area contributed by atoms with Gasteiger partial charge in [0.1, 0.15) is 40.0 Å². The molecule has 0 aromatic carbocycles. The van der Waals surface area contributed by atoms with E-state index in [0.717, 1.165) is 79.6 Å². The zero-order valence-electron chi connectivity index (χ0n) is 58.1. The number of hydrogen-bond acceptors (Lipinski definition) is 24. The molecular formula is C66H87Cl2N31O2. The number of amides is 1. The minimum atomic E-state index is -0.485. The molecule has 4 fully saturated rings. The van der Waals surface area contributed by atoms with Gasteiger partial charge in [-0.2, -0.15) is 60.3 Å². The highest BCUT2D eigenvalue weighted by atomic mass is 35.5. The predicted molar refractivity (Wildman–Crippen MR) is 393 cm³/mol. The molecular weight excluding hydrogens is 1330 g/mol. The smallest absolute Gasteiger partial charge is 0.244 e. The lowest BCUT2D eigenvalue weighted by atomic mass is 9.93. The van der Waals surface area contributed by atoms with E-state index in [2.05, 4.69) is 186 Å². The number of carbonyl (C=O) groups excluding carboxylic acids is 1. The molecule has 4 aliphatic rings. The van der Waals surface area contributed by atoms with Gasteiger partial charge in [0.2, 0.25) is 29.7 Å². The van der Waals surface area contributed by atoms with Gasteiger partial charge in [-0.05, 0) is 143 Å². The van der Waals surface area contributed by atoms with Crippen molar-refractivity contribution in [3.63, 3.8) is 0 Å². The number of anilines is 12. The number of nitrogens with zero attached hydrogens (tertiary/aromatic N) is 18. The SMILES string of the molecule is CC(C)n1cc(Nc2nc(NC3CCC3)c3[nH]cnc3n2)cn1.CC(Nc1nc(Nc2cnn(C(C)C)c2)nc2nc[nH]c12)C1CC1.CNC(=O)C(C)n1cc(Nc2nc(N[C@@H](C)C3CC3)c3cc[nH]c3n2)c(Cl)n1.COCCn1cc(Nc2nc(N[C@@H](C)C3CC3)c3cc[nH]c3n2)c(Cl)n1. The highest BCUT2D eigenvalue weighted by molar-refractivity contribution is 6.32. The first-order valence-corrected chi connectivity index (χ1v) is 35.2. The summed E-state index contributed by atoms with van der Waals surface area (Å²) in [7, 11) is 3.24. The average Bonchev–Trinajstić information content (AvgIpc) is 1.78. The Bertz CT molecular complexity index is 4750. The fourth-order valence-corrected chi connectivity index (χ4v) is 11.7. The van der Waals surface area contributed by atoms with Crippen LogP contribution in [0.3, 0.4) is 0 Å². The average molecular weight is 1420 g/mol. The first-order chi connectivity index (χ1) is 48.9. The summed E-state index contributed by atoms with van der Waals surface area (Å²) in [5.74, 6) is 7.09. The first-order valence-electron chi connectivity index (χ1n) is 34.4. The molecule has 12 heterocycles. The Morgan fingerprint density at radius 3 is 1.49 bits per heavy atom.